The van der Waals surface area contributed by atoms with Gasteiger partial charge < -0.3 is 23.8 Å². The van der Waals surface area contributed by atoms with Gasteiger partial charge in [0.05, 0.1) is 11.5 Å². The summed E-state index contributed by atoms with van der Waals surface area (Å²) in [7, 11) is 0. The molecule has 0 amide bonds. The number of hydrogen-bond donors (Lipinski definition) is 0. The molecule has 1 saturated heterocycles. The minimum Gasteiger partial charge on any atom is -0.456 e. The van der Waals surface area contributed by atoms with Gasteiger partial charge in [-0.3, -0.25) is 24.5 Å². The number of benzene rings is 1. The van der Waals surface area contributed by atoms with E-state index in [0.717, 1.165) is 5.56 Å². The van der Waals surface area contributed by atoms with E-state index in [4.69, 9.17) is 18.9 Å². The quantitative estimate of drug-likeness (QED) is 0.294. The molecule has 2 heterocycles. The van der Waals surface area contributed by atoms with Gasteiger partial charge in [0.15, 0.2) is 24.5 Å². The van der Waals surface area contributed by atoms with Crippen molar-refractivity contribution in [2.45, 2.75) is 51.7 Å². The molecule has 2 aliphatic heterocycles. The van der Waals surface area contributed by atoms with Crippen molar-refractivity contribution < 1.29 is 38.3 Å². The van der Waals surface area contributed by atoms with Gasteiger partial charge in [0.25, 0.3) is 5.69 Å². The number of rotatable bonds is 5. The number of esters is 3. The van der Waals surface area contributed by atoms with Crippen LogP contribution in [0.5, 0.6) is 0 Å². The summed E-state index contributed by atoms with van der Waals surface area (Å²) in [4.78, 5) is 47.3. The fourth-order valence-corrected chi connectivity index (χ4v) is 3.78. The molecule has 162 valence electrons. The van der Waals surface area contributed by atoms with Crippen LogP contribution in [0.3, 0.4) is 0 Å². The van der Waals surface area contributed by atoms with E-state index in [-0.39, 0.29) is 12.3 Å². The highest BCUT2D eigenvalue weighted by Crippen LogP contribution is 2.36. The van der Waals surface area contributed by atoms with E-state index in [9.17, 15) is 24.5 Å². The maximum absolute atomic E-state index is 11.8. The van der Waals surface area contributed by atoms with Crippen LogP contribution in [-0.2, 0) is 39.8 Å². The normalized spacial score (nSPS) is 25.2. The summed E-state index contributed by atoms with van der Waals surface area (Å²) in [6.45, 7) is 3.98. The summed E-state index contributed by atoms with van der Waals surface area (Å²) in [5.41, 5.74) is 1.42. The molecule has 0 radical (unpaired) electrons. The molecule has 11 heteroatoms. The number of ether oxygens (including phenoxy) is 4. The van der Waals surface area contributed by atoms with Crippen LogP contribution in [0.2, 0.25) is 0 Å². The van der Waals surface area contributed by atoms with Crippen molar-refractivity contribution in [1.82, 2.24) is 0 Å². The zero-order valence-corrected chi connectivity index (χ0v) is 16.7. The molecule has 0 aliphatic carbocycles. The lowest BCUT2D eigenvalue weighted by Gasteiger charge is -2.44. The van der Waals surface area contributed by atoms with E-state index < -0.39 is 47.4 Å². The molecule has 0 N–H and O–H groups in total. The smallest absolute Gasteiger partial charge is 0.303 e. The topological polar surface area (TPSA) is 135 Å². The second-order valence-electron chi connectivity index (χ2n) is 7.03. The molecule has 0 bridgehead atoms. The molecule has 1 aromatic carbocycles. The van der Waals surface area contributed by atoms with E-state index in [2.05, 4.69) is 0 Å². The standard InChI is InChI=1S/C19H22N2O9/c1-10(22)28-16-9-27-19(18(30-12(3)24)17(16)29-11(2)23)20-7-6-13-8-14(21(25)26)4-5-15(13)20/h4-5,8,16-19H,6-7,9H2,1-3H3/t16-,17+,18+,19+/m1/s1. The van der Waals surface area contributed by atoms with Crippen molar-refractivity contribution in [3.05, 3.63) is 33.9 Å². The van der Waals surface area contributed by atoms with Crippen molar-refractivity contribution in [3.8, 4) is 0 Å². The Hall–Kier alpha value is -3.21. The monoisotopic (exact) mass is 422 g/mol. The molecule has 1 aromatic rings. The first-order valence-electron chi connectivity index (χ1n) is 9.34. The summed E-state index contributed by atoms with van der Waals surface area (Å²) in [6.07, 6.45) is -3.42. The minimum absolute atomic E-state index is 0.0237. The molecular weight excluding hydrogens is 400 g/mol. The fourth-order valence-electron chi connectivity index (χ4n) is 3.78. The van der Waals surface area contributed by atoms with Gasteiger partial charge in [-0.05, 0) is 18.1 Å². The van der Waals surface area contributed by atoms with Gasteiger partial charge in [0, 0.05) is 45.1 Å². The summed E-state index contributed by atoms with van der Waals surface area (Å²) in [5.74, 6) is -1.86. The van der Waals surface area contributed by atoms with Crippen LogP contribution < -0.4 is 4.90 Å². The summed E-state index contributed by atoms with van der Waals surface area (Å²) >= 11 is 0. The highest BCUT2D eigenvalue weighted by Gasteiger charge is 2.50. The van der Waals surface area contributed by atoms with Gasteiger partial charge in [-0.2, -0.15) is 0 Å². The van der Waals surface area contributed by atoms with E-state index in [0.29, 0.717) is 18.7 Å². The Bertz CT molecular complexity index is 872. The molecule has 0 spiro atoms. The number of non-ortho nitro benzene ring substituents is 1. The molecule has 4 atom stereocenters. The average Bonchev–Trinajstić information content (AvgIpc) is 3.06. The number of fused-ring (bicyclic) bond motifs is 1. The third-order valence-electron chi connectivity index (χ3n) is 4.84. The minimum atomic E-state index is -1.08. The predicted molar refractivity (Wildman–Crippen MR) is 101 cm³/mol. The van der Waals surface area contributed by atoms with Crippen LogP contribution in [0.15, 0.2) is 18.2 Å². The van der Waals surface area contributed by atoms with E-state index in [1.807, 2.05) is 0 Å². The lowest BCUT2D eigenvalue weighted by Crippen LogP contribution is -2.62. The molecule has 30 heavy (non-hydrogen) atoms. The van der Waals surface area contributed by atoms with Crippen molar-refractivity contribution in [2.75, 3.05) is 18.1 Å². The zero-order chi connectivity index (χ0) is 22.0. The lowest BCUT2D eigenvalue weighted by molar-refractivity contribution is -0.384. The van der Waals surface area contributed by atoms with Crippen LogP contribution in [0.25, 0.3) is 0 Å². The van der Waals surface area contributed by atoms with Crippen LogP contribution in [0.4, 0.5) is 11.4 Å². The highest BCUT2D eigenvalue weighted by atomic mass is 16.6. The Labute approximate surface area is 172 Å². The van der Waals surface area contributed by atoms with E-state index in [1.54, 1.807) is 11.0 Å². The Balaban J connectivity index is 1.94. The number of nitrogens with zero attached hydrogens (tertiary/aromatic N) is 2. The van der Waals surface area contributed by atoms with E-state index in [1.165, 1.54) is 32.9 Å². The third kappa shape index (κ3) is 4.51. The van der Waals surface area contributed by atoms with E-state index >= 15 is 0 Å². The van der Waals surface area contributed by atoms with Crippen LogP contribution >= 0.6 is 0 Å². The Morgan fingerprint density at radius 1 is 1.07 bits per heavy atom. The summed E-state index contributed by atoms with van der Waals surface area (Å²) in [5, 5.41) is 11.0. The maximum Gasteiger partial charge on any atom is 0.303 e. The Morgan fingerprint density at radius 2 is 1.70 bits per heavy atom. The van der Waals surface area contributed by atoms with Gasteiger partial charge in [0.2, 0.25) is 0 Å². The maximum atomic E-state index is 11.8. The molecule has 0 unspecified atom stereocenters. The molecule has 0 aromatic heterocycles. The molecular formula is C19H22N2O9. The van der Waals surface area contributed by atoms with Gasteiger partial charge in [0.1, 0.15) is 0 Å². The van der Waals surface area contributed by atoms with Crippen LogP contribution in [0.1, 0.15) is 26.3 Å². The fraction of sp³-hybridized carbons (Fsp3) is 0.526. The summed E-state index contributed by atoms with van der Waals surface area (Å²) in [6, 6.07) is 4.48. The predicted octanol–water partition coefficient (Wildman–Crippen LogP) is 1.11. The number of carbonyl (C=O) groups is 3. The van der Waals surface area contributed by atoms with Crippen LogP contribution in [-0.4, -0.2) is 60.5 Å². The first-order valence-corrected chi connectivity index (χ1v) is 9.34. The Kier molecular flexibility index (Phi) is 6.20. The number of hydrogen-bond acceptors (Lipinski definition) is 10. The molecule has 0 saturated carbocycles. The second kappa shape index (κ2) is 8.66. The molecule has 2 aliphatic rings. The van der Waals surface area contributed by atoms with Crippen molar-refractivity contribution in [1.29, 1.82) is 0 Å². The van der Waals surface area contributed by atoms with Crippen LogP contribution in [0, 0.1) is 10.1 Å². The second-order valence-corrected chi connectivity index (χ2v) is 7.03. The molecule has 11 nitrogen and oxygen atoms in total. The highest BCUT2D eigenvalue weighted by molar-refractivity contribution is 5.69. The average molecular weight is 422 g/mol. The number of carbonyl (C=O) groups excluding carboxylic acids is 3. The summed E-state index contributed by atoms with van der Waals surface area (Å²) < 4.78 is 21.9. The largest absolute Gasteiger partial charge is 0.456 e. The van der Waals surface area contributed by atoms with Crippen molar-refractivity contribution in [3.63, 3.8) is 0 Å². The lowest BCUT2D eigenvalue weighted by atomic mass is 10.0. The molecule has 3 rings (SSSR count). The first kappa shape index (κ1) is 21.5. The van der Waals surface area contributed by atoms with Crippen molar-refractivity contribution in [2.24, 2.45) is 0 Å². The van der Waals surface area contributed by atoms with Gasteiger partial charge in [-0.25, -0.2) is 0 Å². The van der Waals surface area contributed by atoms with Gasteiger partial charge >= 0.3 is 17.9 Å². The first-order chi connectivity index (χ1) is 14.2. The van der Waals surface area contributed by atoms with Gasteiger partial charge in [-0.1, -0.05) is 0 Å². The molecule has 1 fully saturated rings. The SMILES string of the molecule is CC(=O)O[C@@H]1[C@H](OC(C)=O)[C@@H](N2CCc3cc([N+](=O)[O-])ccc32)OC[C@H]1OC(C)=O. The third-order valence-corrected chi connectivity index (χ3v) is 4.84. The van der Waals surface area contributed by atoms with Gasteiger partial charge in [-0.15, -0.1) is 0 Å². The number of nitro benzene ring substituents is 1. The zero-order valence-electron chi connectivity index (χ0n) is 16.7. The number of nitro groups is 1. The van der Waals surface area contributed by atoms with Crippen molar-refractivity contribution >= 4 is 29.3 Å². The Morgan fingerprint density at radius 3 is 2.30 bits per heavy atom. The number of anilines is 1.